The van der Waals surface area contributed by atoms with Crippen LogP contribution in [0.15, 0.2) is 18.2 Å². The molecule has 0 spiro atoms. The van der Waals surface area contributed by atoms with Crippen molar-refractivity contribution in [1.29, 1.82) is 0 Å². The van der Waals surface area contributed by atoms with Crippen molar-refractivity contribution in [1.82, 2.24) is 14.8 Å². The fourth-order valence-electron chi connectivity index (χ4n) is 2.59. The Bertz CT molecular complexity index is 605. The Morgan fingerprint density at radius 1 is 1.42 bits per heavy atom. The van der Waals surface area contributed by atoms with Crippen LogP contribution in [0.2, 0.25) is 0 Å². The Kier molecular flexibility index (Phi) is 3.06. The quantitative estimate of drug-likeness (QED) is 0.897. The van der Waals surface area contributed by atoms with Crippen LogP contribution in [-0.2, 0) is 13.0 Å². The van der Waals surface area contributed by atoms with Crippen LogP contribution in [0.5, 0.6) is 0 Å². The van der Waals surface area contributed by atoms with Gasteiger partial charge in [-0.25, -0.2) is 4.39 Å². The third kappa shape index (κ3) is 2.14. The van der Waals surface area contributed by atoms with Gasteiger partial charge in [0.15, 0.2) is 5.82 Å². The smallest absolute Gasteiger partial charge is 0.166 e. The highest BCUT2D eigenvalue weighted by atomic mass is 19.1. The molecule has 1 aromatic heterocycles. The monoisotopic (exact) mass is 260 g/mol. The summed E-state index contributed by atoms with van der Waals surface area (Å²) >= 11 is 0. The molecule has 5 heteroatoms. The van der Waals surface area contributed by atoms with Gasteiger partial charge in [-0.05, 0) is 43.5 Å². The van der Waals surface area contributed by atoms with E-state index in [-0.39, 0.29) is 5.82 Å². The average molecular weight is 260 g/mol. The summed E-state index contributed by atoms with van der Waals surface area (Å²) < 4.78 is 16.1. The standard InChI is InChI=1S/C14H17FN4/c1-9-2-4-11(12(15)6-9)14-18-17-13-5-3-10(7-16)8-19(13)14/h2,4,6,10H,3,5,7-8,16H2,1H3. The van der Waals surface area contributed by atoms with Gasteiger partial charge in [-0.15, -0.1) is 10.2 Å². The summed E-state index contributed by atoms with van der Waals surface area (Å²) in [6, 6.07) is 5.19. The number of aromatic nitrogens is 3. The molecule has 0 saturated carbocycles. The number of hydrogen-bond donors (Lipinski definition) is 1. The van der Waals surface area contributed by atoms with Crippen LogP contribution in [0.3, 0.4) is 0 Å². The van der Waals surface area contributed by atoms with Crippen molar-refractivity contribution in [3.63, 3.8) is 0 Å². The number of rotatable bonds is 2. The van der Waals surface area contributed by atoms with Crippen molar-refractivity contribution >= 4 is 0 Å². The first-order valence-corrected chi connectivity index (χ1v) is 6.57. The van der Waals surface area contributed by atoms with Crippen molar-refractivity contribution in [2.75, 3.05) is 6.54 Å². The van der Waals surface area contributed by atoms with E-state index in [9.17, 15) is 4.39 Å². The fourth-order valence-corrected chi connectivity index (χ4v) is 2.59. The zero-order valence-electron chi connectivity index (χ0n) is 10.9. The molecule has 2 N–H and O–H groups in total. The van der Waals surface area contributed by atoms with Crippen LogP contribution in [0.4, 0.5) is 4.39 Å². The topological polar surface area (TPSA) is 56.7 Å². The molecule has 1 atom stereocenters. The maximum Gasteiger partial charge on any atom is 0.166 e. The molecule has 1 unspecified atom stereocenters. The number of fused-ring (bicyclic) bond motifs is 1. The lowest BCUT2D eigenvalue weighted by molar-refractivity contribution is 0.375. The number of aryl methyl sites for hydroxylation is 2. The van der Waals surface area contributed by atoms with Crippen LogP contribution < -0.4 is 5.73 Å². The minimum absolute atomic E-state index is 0.245. The van der Waals surface area contributed by atoms with Crippen LogP contribution in [0.25, 0.3) is 11.4 Å². The van der Waals surface area contributed by atoms with Crippen LogP contribution >= 0.6 is 0 Å². The molecule has 3 rings (SSSR count). The van der Waals surface area contributed by atoms with Crippen molar-refractivity contribution in [2.45, 2.75) is 26.3 Å². The Morgan fingerprint density at radius 3 is 3.00 bits per heavy atom. The third-order valence-corrected chi connectivity index (χ3v) is 3.74. The molecule has 1 aliphatic heterocycles. The fraction of sp³-hybridized carbons (Fsp3) is 0.429. The molecule has 0 fully saturated rings. The zero-order valence-corrected chi connectivity index (χ0v) is 10.9. The number of nitrogens with two attached hydrogens (primary N) is 1. The van der Waals surface area contributed by atoms with Gasteiger partial charge in [0.2, 0.25) is 0 Å². The van der Waals surface area contributed by atoms with Gasteiger partial charge in [-0.1, -0.05) is 6.07 Å². The molecular weight excluding hydrogens is 243 g/mol. The molecule has 0 saturated heterocycles. The normalized spacial score (nSPS) is 18.4. The summed E-state index contributed by atoms with van der Waals surface area (Å²) in [5.74, 6) is 1.73. The van der Waals surface area contributed by atoms with Gasteiger partial charge >= 0.3 is 0 Å². The second-order valence-electron chi connectivity index (χ2n) is 5.17. The molecule has 0 radical (unpaired) electrons. The summed E-state index contributed by atoms with van der Waals surface area (Å²) in [5, 5.41) is 8.33. The molecule has 0 amide bonds. The van der Waals surface area contributed by atoms with E-state index in [0.717, 1.165) is 30.8 Å². The number of nitrogens with zero attached hydrogens (tertiary/aromatic N) is 3. The predicted octanol–water partition coefficient (Wildman–Crippen LogP) is 1.91. The van der Waals surface area contributed by atoms with Gasteiger partial charge in [0.05, 0.1) is 5.56 Å². The summed E-state index contributed by atoms with van der Waals surface area (Å²) in [5.41, 5.74) is 7.16. The maximum atomic E-state index is 14.1. The van der Waals surface area contributed by atoms with Crippen molar-refractivity contribution in [3.05, 3.63) is 35.4 Å². The van der Waals surface area contributed by atoms with E-state index >= 15 is 0 Å². The highest BCUT2D eigenvalue weighted by Crippen LogP contribution is 2.27. The zero-order chi connectivity index (χ0) is 13.4. The minimum Gasteiger partial charge on any atom is -0.330 e. The summed E-state index contributed by atoms with van der Waals surface area (Å²) in [6.45, 7) is 3.30. The molecule has 2 heterocycles. The van der Waals surface area contributed by atoms with E-state index in [1.54, 1.807) is 6.07 Å². The van der Waals surface area contributed by atoms with E-state index in [2.05, 4.69) is 10.2 Å². The summed E-state index contributed by atoms with van der Waals surface area (Å²) in [7, 11) is 0. The Hall–Kier alpha value is -1.75. The highest BCUT2D eigenvalue weighted by molar-refractivity contribution is 5.57. The van der Waals surface area contributed by atoms with Crippen LogP contribution in [0, 0.1) is 18.7 Å². The van der Waals surface area contributed by atoms with Gasteiger partial charge in [-0.2, -0.15) is 0 Å². The average Bonchev–Trinajstić information content (AvgIpc) is 2.81. The summed E-state index contributed by atoms with van der Waals surface area (Å²) in [4.78, 5) is 0. The van der Waals surface area contributed by atoms with Crippen LogP contribution in [-0.4, -0.2) is 21.3 Å². The van der Waals surface area contributed by atoms with Gasteiger partial charge in [-0.3, -0.25) is 0 Å². The van der Waals surface area contributed by atoms with Gasteiger partial charge in [0.25, 0.3) is 0 Å². The molecule has 0 aliphatic carbocycles. The molecule has 4 nitrogen and oxygen atoms in total. The second kappa shape index (κ2) is 4.74. The second-order valence-corrected chi connectivity index (χ2v) is 5.17. The molecular formula is C14H17FN4. The van der Waals surface area contributed by atoms with Crippen molar-refractivity contribution < 1.29 is 4.39 Å². The van der Waals surface area contributed by atoms with Crippen molar-refractivity contribution in [2.24, 2.45) is 11.7 Å². The third-order valence-electron chi connectivity index (χ3n) is 3.74. The van der Waals surface area contributed by atoms with E-state index in [0.29, 0.717) is 23.9 Å². The molecule has 1 aromatic carbocycles. The maximum absolute atomic E-state index is 14.1. The Morgan fingerprint density at radius 2 is 2.26 bits per heavy atom. The molecule has 19 heavy (non-hydrogen) atoms. The Balaban J connectivity index is 2.05. The SMILES string of the molecule is Cc1ccc(-c2nnc3n2CC(CN)CC3)c(F)c1. The first-order valence-electron chi connectivity index (χ1n) is 6.57. The largest absolute Gasteiger partial charge is 0.330 e. The van der Waals surface area contributed by atoms with E-state index in [1.807, 2.05) is 17.6 Å². The lowest BCUT2D eigenvalue weighted by Crippen LogP contribution is -2.26. The number of benzene rings is 1. The number of hydrogen-bond acceptors (Lipinski definition) is 3. The first-order chi connectivity index (χ1) is 9.19. The van der Waals surface area contributed by atoms with Gasteiger partial charge in [0.1, 0.15) is 11.6 Å². The van der Waals surface area contributed by atoms with Gasteiger partial charge < -0.3 is 10.3 Å². The summed E-state index contributed by atoms with van der Waals surface area (Å²) in [6.07, 6.45) is 1.90. The molecule has 100 valence electrons. The lowest BCUT2D eigenvalue weighted by atomic mass is 9.99. The molecule has 1 aliphatic rings. The van der Waals surface area contributed by atoms with E-state index in [4.69, 9.17) is 5.73 Å². The predicted molar refractivity (Wildman–Crippen MR) is 71.0 cm³/mol. The van der Waals surface area contributed by atoms with Crippen molar-refractivity contribution in [3.8, 4) is 11.4 Å². The van der Waals surface area contributed by atoms with Crippen LogP contribution in [0.1, 0.15) is 17.8 Å². The van der Waals surface area contributed by atoms with E-state index < -0.39 is 0 Å². The Labute approximate surface area is 111 Å². The van der Waals surface area contributed by atoms with Gasteiger partial charge in [0, 0.05) is 13.0 Å². The molecule has 2 aromatic rings. The highest BCUT2D eigenvalue weighted by Gasteiger charge is 2.23. The lowest BCUT2D eigenvalue weighted by Gasteiger charge is -2.23. The van der Waals surface area contributed by atoms with E-state index in [1.165, 1.54) is 6.07 Å². The minimum atomic E-state index is -0.245. The molecule has 0 bridgehead atoms. The first kappa shape index (κ1) is 12.3. The number of halogens is 1.